The van der Waals surface area contributed by atoms with Crippen LogP contribution in [-0.2, 0) is 4.74 Å². The molecule has 2 aromatic heterocycles. The smallest absolute Gasteiger partial charge is 0.342 e. The second-order valence-electron chi connectivity index (χ2n) is 5.01. The maximum absolute atomic E-state index is 12.6. The van der Waals surface area contributed by atoms with Gasteiger partial charge in [-0.1, -0.05) is 6.08 Å². The van der Waals surface area contributed by atoms with Crippen LogP contribution < -0.4 is 0 Å². The van der Waals surface area contributed by atoms with Crippen LogP contribution in [0.3, 0.4) is 0 Å². The number of fused-ring (bicyclic) bond motifs is 2. The summed E-state index contributed by atoms with van der Waals surface area (Å²) in [4.78, 5) is 41.3. The molecule has 116 valence electrons. The summed E-state index contributed by atoms with van der Waals surface area (Å²) < 4.78 is 10.5. The van der Waals surface area contributed by atoms with Crippen LogP contribution in [0.2, 0.25) is 0 Å². The molecule has 0 unspecified atom stereocenters. The highest BCUT2D eigenvalue weighted by molar-refractivity contribution is 6.29. The molecule has 23 heavy (non-hydrogen) atoms. The molecule has 0 aliphatic heterocycles. The Balaban J connectivity index is 2.08. The Morgan fingerprint density at radius 3 is 2.91 bits per heavy atom. The molecule has 2 aromatic rings. The number of hydrogen-bond donors (Lipinski definition) is 0. The molecular weight excluding hydrogens is 298 g/mol. The molecule has 6 heteroatoms. The summed E-state index contributed by atoms with van der Waals surface area (Å²) in [7, 11) is 0. The quantitative estimate of drug-likeness (QED) is 0.418. The van der Waals surface area contributed by atoms with Crippen molar-refractivity contribution in [2.45, 2.75) is 13.3 Å². The lowest BCUT2D eigenvalue weighted by atomic mass is 9.90. The van der Waals surface area contributed by atoms with Gasteiger partial charge >= 0.3 is 5.97 Å². The number of nitrogens with zero attached hydrogens (tertiary/aromatic N) is 1. The Kier molecular flexibility index (Phi) is 3.65. The van der Waals surface area contributed by atoms with Gasteiger partial charge in [0.2, 0.25) is 11.6 Å². The van der Waals surface area contributed by atoms with E-state index in [2.05, 4.69) is 11.6 Å². The van der Waals surface area contributed by atoms with E-state index < -0.39 is 17.5 Å². The predicted octanol–water partition coefficient (Wildman–Crippen LogP) is 2.49. The molecule has 0 atom stereocenters. The Labute approximate surface area is 131 Å². The Hall–Kier alpha value is -3.02. The molecule has 0 bridgehead atoms. The van der Waals surface area contributed by atoms with E-state index in [4.69, 9.17) is 9.15 Å². The van der Waals surface area contributed by atoms with Crippen molar-refractivity contribution in [3.63, 3.8) is 0 Å². The van der Waals surface area contributed by atoms with Crippen molar-refractivity contribution < 1.29 is 23.5 Å². The van der Waals surface area contributed by atoms with E-state index in [0.29, 0.717) is 6.42 Å². The van der Waals surface area contributed by atoms with E-state index in [-0.39, 0.29) is 40.5 Å². The SMILES string of the molecule is C=CCCOC(=O)c1c(C)oc2c1C(=O)c1ncccc1C2=O. The van der Waals surface area contributed by atoms with Gasteiger partial charge in [0, 0.05) is 6.20 Å². The maximum atomic E-state index is 12.6. The van der Waals surface area contributed by atoms with Gasteiger partial charge in [0.15, 0.2) is 5.76 Å². The third-order valence-corrected chi connectivity index (χ3v) is 3.54. The molecule has 3 rings (SSSR count). The summed E-state index contributed by atoms with van der Waals surface area (Å²) in [6, 6.07) is 3.07. The average molecular weight is 311 g/mol. The van der Waals surface area contributed by atoms with Crippen LogP contribution in [0, 0.1) is 6.92 Å². The second kappa shape index (κ2) is 5.64. The number of aromatic nitrogens is 1. The fourth-order valence-corrected chi connectivity index (χ4v) is 2.48. The molecule has 0 spiro atoms. The van der Waals surface area contributed by atoms with Crippen LogP contribution in [0.1, 0.15) is 54.7 Å². The van der Waals surface area contributed by atoms with Crippen LogP contribution in [0.25, 0.3) is 0 Å². The van der Waals surface area contributed by atoms with E-state index in [1.165, 1.54) is 19.2 Å². The summed E-state index contributed by atoms with van der Waals surface area (Å²) in [6.07, 6.45) is 3.52. The van der Waals surface area contributed by atoms with E-state index in [9.17, 15) is 14.4 Å². The van der Waals surface area contributed by atoms with Gasteiger partial charge in [0.25, 0.3) is 0 Å². The summed E-state index contributed by atoms with van der Waals surface area (Å²) in [5.74, 6) is -1.63. The number of carbonyl (C=O) groups is 3. The van der Waals surface area contributed by atoms with Gasteiger partial charge in [0.05, 0.1) is 17.7 Å². The van der Waals surface area contributed by atoms with E-state index in [0.717, 1.165) is 0 Å². The minimum Gasteiger partial charge on any atom is -0.462 e. The zero-order chi connectivity index (χ0) is 16.6. The van der Waals surface area contributed by atoms with Gasteiger partial charge in [0.1, 0.15) is 17.0 Å². The summed E-state index contributed by atoms with van der Waals surface area (Å²) in [6.45, 7) is 5.19. The number of rotatable bonds is 4. The van der Waals surface area contributed by atoms with Crippen molar-refractivity contribution in [3.8, 4) is 0 Å². The lowest BCUT2D eigenvalue weighted by Gasteiger charge is -2.12. The monoisotopic (exact) mass is 311 g/mol. The number of ether oxygens (including phenoxy) is 1. The molecule has 0 fully saturated rings. The maximum Gasteiger partial charge on any atom is 0.342 e. The molecule has 6 nitrogen and oxygen atoms in total. The number of aryl methyl sites for hydroxylation is 1. The fourth-order valence-electron chi connectivity index (χ4n) is 2.48. The number of esters is 1. The molecule has 0 saturated heterocycles. The lowest BCUT2D eigenvalue weighted by Crippen LogP contribution is -2.23. The summed E-state index contributed by atoms with van der Waals surface area (Å²) in [5, 5.41) is 0. The average Bonchev–Trinajstić information content (AvgIpc) is 2.90. The number of furan rings is 1. The number of pyridine rings is 1. The van der Waals surface area contributed by atoms with Gasteiger partial charge in [-0.2, -0.15) is 0 Å². The normalized spacial score (nSPS) is 12.6. The summed E-state index contributed by atoms with van der Waals surface area (Å²) >= 11 is 0. The third kappa shape index (κ3) is 2.28. The van der Waals surface area contributed by atoms with Gasteiger partial charge in [-0.25, -0.2) is 4.79 Å². The Bertz CT molecular complexity index is 847. The molecule has 0 amide bonds. The first-order valence-corrected chi connectivity index (χ1v) is 7.02. The molecule has 1 aliphatic rings. The van der Waals surface area contributed by atoms with Crippen molar-refractivity contribution >= 4 is 17.5 Å². The van der Waals surface area contributed by atoms with Crippen LogP contribution in [-0.4, -0.2) is 29.1 Å². The number of hydrogen-bond acceptors (Lipinski definition) is 6. The van der Waals surface area contributed by atoms with Gasteiger partial charge in [-0.15, -0.1) is 6.58 Å². The molecular formula is C17H13NO5. The van der Waals surface area contributed by atoms with E-state index in [1.807, 2.05) is 0 Å². The van der Waals surface area contributed by atoms with Crippen LogP contribution in [0.5, 0.6) is 0 Å². The molecule has 2 heterocycles. The lowest BCUT2D eigenvalue weighted by molar-refractivity contribution is 0.0507. The third-order valence-electron chi connectivity index (χ3n) is 3.54. The van der Waals surface area contributed by atoms with E-state index in [1.54, 1.807) is 12.1 Å². The first-order valence-electron chi connectivity index (χ1n) is 7.02. The van der Waals surface area contributed by atoms with Gasteiger partial charge < -0.3 is 9.15 Å². The summed E-state index contributed by atoms with van der Waals surface area (Å²) in [5.41, 5.74) is 0.109. The molecule has 0 aromatic carbocycles. The van der Waals surface area contributed by atoms with Gasteiger partial charge in [-0.05, 0) is 25.5 Å². The van der Waals surface area contributed by atoms with Crippen LogP contribution in [0.4, 0.5) is 0 Å². The van der Waals surface area contributed by atoms with Crippen molar-refractivity contribution in [1.29, 1.82) is 0 Å². The van der Waals surface area contributed by atoms with Crippen molar-refractivity contribution in [3.05, 3.63) is 64.9 Å². The first-order chi connectivity index (χ1) is 11.1. The highest BCUT2D eigenvalue weighted by Gasteiger charge is 2.39. The van der Waals surface area contributed by atoms with Gasteiger partial charge in [-0.3, -0.25) is 14.6 Å². The number of ketones is 2. The van der Waals surface area contributed by atoms with E-state index >= 15 is 0 Å². The first kappa shape index (κ1) is 14.9. The largest absolute Gasteiger partial charge is 0.462 e. The predicted molar refractivity (Wildman–Crippen MR) is 79.6 cm³/mol. The van der Waals surface area contributed by atoms with Crippen molar-refractivity contribution in [2.75, 3.05) is 6.61 Å². The number of carbonyl (C=O) groups excluding carboxylic acids is 3. The molecule has 1 aliphatic carbocycles. The van der Waals surface area contributed by atoms with Crippen molar-refractivity contribution in [1.82, 2.24) is 4.98 Å². The zero-order valence-electron chi connectivity index (χ0n) is 12.4. The molecule has 0 saturated carbocycles. The minimum absolute atomic E-state index is 0.0151. The Morgan fingerprint density at radius 2 is 2.17 bits per heavy atom. The fraction of sp³-hybridized carbons (Fsp3) is 0.176. The zero-order valence-corrected chi connectivity index (χ0v) is 12.4. The Morgan fingerprint density at radius 1 is 1.39 bits per heavy atom. The van der Waals surface area contributed by atoms with Crippen LogP contribution in [0.15, 0.2) is 35.4 Å². The molecule has 0 radical (unpaired) electrons. The van der Waals surface area contributed by atoms with Crippen LogP contribution >= 0.6 is 0 Å². The van der Waals surface area contributed by atoms with Crippen molar-refractivity contribution in [2.24, 2.45) is 0 Å². The topological polar surface area (TPSA) is 86.5 Å². The minimum atomic E-state index is -0.699. The highest BCUT2D eigenvalue weighted by atomic mass is 16.5. The molecule has 0 N–H and O–H groups in total. The highest BCUT2D eigenvalue weighted by Crippen LogP contribution is 2.32. The standard InChI is InChI=1S/C17H13NO5/c1-3-4-8-22-17(21)11-9(2)23-16-12(11)15(20)13-10(14(16)19)6-5-7-18-13/h3,5-7H,1,4,8H2,2H3. The second-order valence-corrected chi connectivity index (χ2v) is 5.01.